The van der Waals surface area contributed by atoms with Gasteiger partial charge < -0.3 is 14.9 Å². The van der Waals surface area contributed by atoms with Crippen molar-refractivity contribution in [2.24, 2.45) is 22.6 Å². The van der Waals surface area contributed by atoms with E-state index in [1.54, 1.807) is 0 Å². The number of ether oxygens (including phenoxy) is 1. The number of carbonyl (C=O) groups is 2. The van der Waals surface area contributed by atoms with Crippen molar-refractivity contribution in [3.05, 3.63) is 0 Å². The highest BCUT2D eigenvalue weighted by Gasteiger charge is 2.39. The van der Waals surface area contributed by atoms with Crippen LogP contribution in [-0.4, -0.2) is 52.5 Å². The fraction of sp³-hybridized carbons (Fsp3) is 0.953. The van der Waals surface area contributed by atoms with Crippen LogP contribution < -0.4 is 5.84 Å². The number of carboxylic acids is 2. The van der Waals surface area contributed by atoms with Crippen LogP contribution in [0.15, 0.2) is 0 Å². The minimum absolute atomic E-state index is 0.242. The van der Waals surface area contributed by atoms with E-state index >= 15 is 0 Å². The van der Waals surface area contributed by atoms with Crippen LogP contribution in [0.4, 0.5) is 0 Å². The summed E-state index contributed by atoms with van der Waals surface area (Å²) in [4.78, 5) is 20.3. The number of unbranched alkanes of at least 4 members (excludes halogenated alkanes) is 14. The highest BCUT2D eigenvalue weighted by atomic mass is 16.5. The molecule has 1 saturated carbocycles. The van der Waals surface area contributed by atoms with Crippen molar-refractivity contribution in [2.45, 2.75) is 233 Å². The Morgan fingerprint density at radius 2 is 1.08 bits per heavy atom. The zero-order chi connectivity index (χ0) is 37.1. The van der Waals surface area contributed by atoms with Gasteiger partial charge in [0, 0.05) is 25.9 Å². The van der Waals surface area contributed by atoms with E-state index in [0.29, 0.717) is 23.5 Å². The molecule has 7 nitrogen and oxygen atoms in total. The fourth-order valence-corrected chi connectivity index (χ4v) is 8.20. The van der Waals surface area contributed by atoms with E-state index < -0.39 is 11.9 Å². The van der Waals surface area contributed by atoms with Gasteiger partial charge in [-0.1, -0.05) is 150 Å². The number of aliphatic carboxylic acids is 2. The number of nitrogens with two attached hydrogens (primary N) is 1. The second kappa shape index (κ2) is 28.3. The number of hydrogen-bond donors (Lipinski definition) is 3. The predicted octanol–water partition coefficient (Wildman–Crippen LogP) is 12.1. The van der Waals surface area contributed by atoms with Crippen LogP contribution in [-0.2, 0) is 14.3 Å². The number of hydrazine groups is 1. The first-order valence-corrected chi connectivity index (χ1v) is 21.4. The van der Waals surface area contributed by atoms with Crippen LogP contribution in [0, 0.1) is 16.7 Å². The van der Waals surface area contributed by atoms with E-state index in [9.17, 15) is 9.59 Å². The molecule has 0 amide bonds. The molecule has 4 N–H and O–H groups in total. The maximum Gasteiger partial charge on any atom is 0.303 e. The van der Waals surface area contributed by atoms with Crippen molar-refractivity contribution in [2.75, 3.05) is 13.1 Å². The third-order valence-corrected chi connectivity index (χ3v) is 11.6. The lowest BCUT2D eigenvalue weighted by molar-refractivity contribution is -0.138. The van der Waals surface area contributed by atoms with Crippen LogP contribution in [0.1, 0.15) is 221 Å². The van der Waals surface area contributed by atoms with Gasteiger partial charge in [0.2, 0.25) is 0 Å². The minimum Gasteiger partial charge on any atom is -0.481 e. The number of hydrogen-bond acceptors (Lipinski definition) is 5. The molecule has 0 aromatic rings. The van der Waals surface area contributed by atoms with Gasteiger partial charge in [-0.25, -0.2) is 5.01 Å². The molecule has 50 heavy (non-hydrogen) atoms. The highest BCUT2D eigenvalue weighted by molar-refractivity contribution is 5.66. The molecular weight excluding hydrogens is 624 g/mol. The van der Waals surface area contributed by atoms with E-state index in [1.807, 2.05) is 5.01 Å². The van der Waals surface area contributed by atoms with Gasteiger partial charge in [-0.05, 0) is 74.5 Å². The van der Waals surface area contributed by atoms with Gasteiger partial charge in [-0.15, -0.1) is 0 Å². The van der Waals surface area contributed by atoms with Crippen molar-refractivity contribution >= 4 is 11.9 Å². The summed E-state index contributed by atoms with van der Waals surface area (Å²) in [5.41, 5.74) is 0.715. The van der Waals surface area contributed by atoms with Crippen molar-refractivity contribution in [3.8, 4) is 0 Å². The zero-order valence-electron chi connectivity index (χ0n) is 33.8. The summed E-state index contributed by atoms with van der Waals surface area (Å²) in [7, 11) is 0. The fourth-order valence-electron chi connectivity index (χ4n) is 8.20. The molecule has 2 rings (SSSR count). The van der Waals surface area contributed by atoms with Crippen LogP contribution in [0.5, 0.6) is 0 Å². The summed E-state index contributed by atoms with van der Waals surface area (Å²) in [6.45, 7) is 14.4. The maximum atomic E-state index is 10.1. The molecule has 1 atom stereocenters. The third-order valence-electron chi connectivity index (χ3n) is 11.6. The Labute approximate surface area is 309 Å². The van der Waals surface area contributed by atoms with Crippen LogP contribution in [0.2, 0.25) is 0 Å². The average molecular weight is 709 g/mol. The lowest BCUT2D eigenvalue weighted by Crippen LogP contribution is -2.47. The van der Waals surface area contributed by atoms with E-state index in [0.717, 1.165) is 51.6 Å². The second-order valence-corrected chi connectivity index (χ2v) is 17.5. The summed E-state index contributed by atoms with van der Waals surface area (Å²) < 4.78 is 6.99. The minimum atomic E-state index is -0.740. The number of rotatable bonds is 28. The topological polar surface area (TPSA) is 113 Å². The van der Waals surface area contributed by atoms with E-state index in [2.05, 4.69) is 34.6 Å². The summed E-state index contributed by atoms with van der Waals surface area (Å²) in [5, 5.41) is 18.7. The lowest BCUT2D eigenvalue weighted by Gasteiger charge is -2.45. The molecule has 1 heterocycles. The molecule has 0 radical (unpaired) electrons. The first-order valence-electron chi connectivity index (χ1n) is 21.4. The molecule has 1 aliphatic carbocycles. The zero-order valence-corrected chi connectivity index (χ0v) is 33.8. The highest BCUT2D eigenvalue weighted by Crippen LogP contribution is 2.41. The molecule has 0 spiro atoms. The molecule has 296 valence electrons. The van der Waals surface area contributed by atoms with Gasteiger partial charge >= 0.3 is 11.9 Å². The Morgan fingerprint density at radius 3 is 1.56 bits per heavy atom. The first-order chi connectivity index (χ1) is 23.9. The maximum absolute atomic E-state index is 10.1. The van der Waals surface area contributed by atoms with Gasteiger partial charge in [0.15, 0.2) is 0 Å². The standard InChI is InChI=1S/C33H66N2O.C10H18O4/c1-6-7-8-9-10-11-12-13-14-18-24-32(2,3)25-19-26-33(4,5)31(29-22-27-35(34)28-23-29)36-30-20-16-15-17-21-30;11-9(12)7-5-3-1-2-4-6-8-10(13)14/h29-31H,6-28,34H2,1-5H3;1-8H2,(H,11,12)(H,13,14). The SMILES string of the molecule is CCCCCCCCCCCCC(C)(C)CCCC(C)(C)C(OC1CCCCC1)C1CCN(N)CC1.O=C(O)CCCCCCCCC(=O)O. The molecular formula is C43H84N2O5. The Bertz CT molecular complexity index is 813. The van der Waals surface area contributed by atoms with Crippen molar-refractivity contribution in [1.29, 1.82) is 0 Å². The normalized spacial score (nSPS) is 17.3. The van der Waals surface area contributed by atoms with E-state index in [1.165, 1.54) is 135 Å². The Balaban J connectivity index is 0.000000751. The largest absolute Gasteiger partial charge is 0.481 e. The van der Waals surface area contributed by atoms with Crippen LogP contribution in [0.25, 0.3) is 0 Å². The smallest absolute Gasteiger partial charge is 0.303 e. The molecule has 2 aliphatic rings. The Morgan fingerprint density at radius 1 is 0.640 bits per heavy atom. The molecule has 0 bridgehead atoms. The van der Waals surface area contributed by atoms with Crippen LogP contribution in [0.3, 0.4) is 0 Å². The van der Waals surface area contributed by atoms with Crippen molar-refractivity contribution in [3.63, 3.8) is 0 Å². The molecule has 1 aliphatic heterocycles. The van der Waals surface area contributed by atoms with Crippen molar-refractivity contribution in [1.82, 2.24) is 5.01 Å². The van der Waals surface area contributed by atoms with E-state index in [-0.39, 0.29) is 18.3 Å². The summed E-state index contributed by atoms with van der Waals surface area (Å²) in [6.07, 6.45) is 35.4. The number of nitrogens with zero attached hydrogens (tertiary/aromatic N) is 1. The number of piperidine rings is 1. The van der Waals surface area contributed by atoms with Crippen molar-refractivity contribution < 1.29 is 24.5 Å². The van der Waals surface area contributed by atoms with Gasteiger partial charge in [0.05, 0.1) is 12.2 Å². The third kappa shape index (κ3) is 24.9. The van der Waals surface area contributed by atoms with Gasteiger partial charge in [-0.2, -0.15) is 0 Å². The molecule has 0 aromatic heterocycles. The monoisotopic (exact) mass is 709 g/mol. The van der Waals surface area contributed by atoms with E-state index in [4.69, 9.17) is 20.8 Å². The quantitative estimate of drug-likeness (QED) is 0.0547. The van der Waals surface area contributed by atoms with Crippen LogP contribution >= 0.6 is 0 Å². The molecule has 1 saturated heterocycles. The second-order valence-electron chi connectivity index (χ2n) is 17.5. The Kier molecular flexibility index (Phi) is 26.5. The number of carboxylic acid groups (broad SMARTS) is 2. The first kappa shape index (κ1) is 46.8. The molecule has 2 fully saturated rings. The summed E-state index contributed by atoms with van der Waals surface area (Å²) >= 11 is 0. The van der Waals surface area contributed by atoms with Gasteiger partial charge in [0.1, 0.15) is 0 Å². The lowest BCUT2D eigenvalue weighted by atomic mass is 9.71. The molecule has 0 aromatic carbocycles. The molecule has 7 heteroatoms. The predicted molar refractivity (Wildman–Crippen MR) is 210 cm³/mol. The average Bonchev–Trinajstić information content (AvgIpc) is 3.06. The Hall–Kier alpha value is -1.18. The molecule has 1 unspecified atom stereocenters. The summed E-state index contributed by atoms with van der Waals surface area (Å²) in [5.74, 6) is 5.30. The van der Waals surface area contributed by atoms with Gasteiger partial charge in [-0.3, -0.25) is 15.4 Å². The summed E-state index contributed by atoms with van der Waals surface area (Å²) in [6, 6.07) is 0. The van der Waals surface area contributed by atoms with Gasteiger partial charge in [0.25, 0.3) is 0 Å².